The molecule has 6 nitrogen and oxygen atoms in total. The number of ether oxygens (including phenoxy) is 1. The number of rotatable bonds is 5. The monoisotopic (exact) mass is 301 g/mol. The van der Waals surface area contributed by atoms with E-state index in [1.54, 1.807) is 0 Å². The molecule has 0 atom stereocenters. The van der Waals surface area contributed by atoms with Gasteiger partial charge in [0.1, 0.15) is 0 Å². The normalized spacial score (nSPS) is 16.0. The Morgan fingerprint density at radius 3 is 2.76 bits per heavy atom. The Labute approximate surface area is 120 Å². The van der Waals surface area contributed by atoms with Gasteiger partial charge < -0.3 is 10.1 Å². The molecule has 1 N–H and O–H groups in total. The van der Waals surface area contributed by atoms with Crippen LogP contribution in [0.4, 0.5) is 8.78 Å². The van der Waals surface area contributed by atoms with E-state index < -0.39 is 25.0 Å². The van der Waals surface area contributed by atoms with Gasteiger partial charge in [0.15, 0.2) is 12.3 Å². The average molecular weight is 301 g/mol. The fourth-order valence-electron chi connectivity index (χ4n) is 2.35. The van der Waals surface area contributed by atoms with Crippen molar-refractivity contribution in [3.05, 3.63) is 18.0 Å². The number of hydrogen-bond acceptors (Lipinski definition) is 4. The predicted octanol–water partition coefficient (Wildman–Crippen LogP) is 1.88. The Bertz CT molecular complexity index is 499. The number of nitrogens with zero attached hydrogens (tertiary/aromatic N) is 2. The molecule has 1 fully saturated rings. The van der Waals surface area contributed by atoms with Gasteiger partial charge in [0.25, 0.3) is 5.91 Å². The number of halogens is 2. The summed E-state index contributed by atoms with van der Waals surface area (Å²) < 4.78 is 30.1. The van der Waals surface area contributed by atoms with Gasteiger partial charge in [-0.15, -0.1) is 0 Å². The second-order valence-electron chi connectivity index (χ2n) is 4.92. The van der Waals surface area contributed by atoms with E-state index in [-0.39, 0.29) is 16.4 Å². The average Bonchev–Trinajstić information content (AvgIpc) is 2.95. The summed E-state index contributed by atoms with van der Waals surface area (Å²) in [6.45, 7) is -3.41. The van der Waals surface area contributed by atoms with E-state index in [9.17, 15) is 18.4 Å². The molecule has 1 aliphatic carbocycles. The minimum Gasteiger partial charge on any atom is -0.451 e. The highest BCUT2D eigenvalue weighted by molar-refractivity contribution is 5.89. The number of nitrogens with one attached hydrogen (secondary N) is 1. The first-order valence-corrected chi connectivity index (χ1v) is 6.86. The van der Waals surface area contributed by atoms with Gasteiger partial charge in [-0.05, 0) is 18.9 Å². The van der Waals surface area contributed by atoms with Gasteiger partial charge in [0, 0.05) is 6.04 Å². The SMILES string of the molecule is O=C(COC(=O)c1ccnn1C(F)F)NC1CCCCC1. The highest BCUT2D eigenvalue weighted by Gasteiger charge is 2.21. The third-order valence-corrected chi connectivity index (χ3v) is 3.37. The quantitative estimate of drug-likeness (QED) is 0.843. The summed E-state index contributed by atoms with van der Waals surface area (Å²) in [5.74, 6) is -1.41. The van der Waals surface area contributed by atoms with Gasteiger partial charge in [-0.3, -0.25) is 4.79 Å². The Morgan fingerprint density at radius 1 is 1.38 bits per heavy atom. The first kappa shape index (κ1) is 15.4. The summed E-state index contributed by atoms with van der Waals surface area (Å²) in [4.78, 5) is 23.3. The van der Waals surface area contributed by atoms with Gasteiger partial charge in [0.2, 0.25) is 0 Å². The molecule has 1 amide bonds. The summed E-state index contributed by atoms with van der Waals surface area (Å²) >= 11 is 0. The molecule has 0 radical (unpaired) electrons. The van der Waals surface area contributed by atoms with E-state index in [1.165, 1.54) is 6.42 Å². The first-order chi connectivity index (χ1) is 10.1. The third kappa shape index (κ3) is 4.24. The zero-order chi connectivity index (χ0) is 15.2. The number of aromatic nitrogens is 2. The van der Waals surface area contributed by atoms with Crippen molar-refractivity contribution in [2.75, 3.05) is 6.61 Å². The predicted molar refractivity (Wildman–Crippen MR) is 68.8 cm³/mol. The standard InChI is InChI=1S/C13H17F2N3O3/c14-13(15)18-10(6-7-16-18)12(20)21-8-11(19)17-9-4-2-1-3-5-9/h6-7,9,13H,1-5,8H2,(H,17,19). The maximum Gasteiger partial charge on any atom is 0.357 e. The van der Waals surface area contributed by atoms with E-state index in [1.807, 2.05) is 0 Å². The third-order valence-electron chi connectivity index (χ3n) is 3.37. The molecule has 0 bridgehead atoms. The molecule has 1 aliphatic rings. The summed E-state index contributed by atoms with van der Waals surface area (Å²) in [6, 6.07) is 1.23. The van der Waals surface area contributed by atoms with Crippen molar-refractivity contribution in [1.29, 1.82) is 0 Å². The summed E-state index contributed by atoms with van der Waals surface area (Å²) in [6.07, 6.45) is 6.20. The molecule has 1 saturated carbocycles. The highest BCUT2D eigenvalue weighted by Crippen LogP contribution is 2.17. The van der Waals surface area contributed by atoms with Gasteiger partial charge in [-0.2, -0.15) is 18.6 Å². The Kier molecular flexibility index (Phi) is 5.24. The minimum atomic E-state index is -2.93. The number of esters is 1. The van der Waals surface area contributed by atoms with Gasteiger partial charge in [-0.1, -0.05) is 19.3 Å². The lowest BCUT2D eigenvalue weighted by atomic mass is 9.95. The fraction of sp³-hybridized carbons (Fsp3) is 0.615. The molecule has 1 aromatic heterocycles. The molecule has 0 spiro atoms. The highest BCUT2D eigenvalue weighted by atomic mass is 19.3. The molecule has 0 aliphatic heterocycles. The molecule has 0 saturated heterocycles. The van der Waals surface area contributed by atoms with Crippen LogP contribution in [0.3, 0.4) is 0 Å². The number of carbonyl (C=O) groups excluding carboxylic acids is 2. The Hall–Kier alpha value is -1.99. The number of hydrogen-bond donors (Lipinski definition) is 1. The fourth-order valence-corrected chi connectivity index (χ4v) is 2.35. The molecule has 21 heavy (non-hydrogen) atoms. The second kappa shape index (κ2) is 7.14. The van der Waals surface area contributed by atoms with Crippen LogP contribution in [0.25, 0.3) is 0 Å². The number of amides is 1. The summed E-state index contributed by atoms with van der Waals surface area (Å²) in [7, 11) is 0. The largest absolute Gasteiger partial charge is 0.451 e. The summed E-state index contributed by atoms with van der Waals surface area (Å²) in [5.41, 5.74) is -0.379. The van der Waals surface area contributed by atoms with Crippen LogP contribution < -0.4 is 5.32 Å². The van der Waals surface area contributed by atoms with E-state index in [2.05, 4.69) is 10.4 Å². The molecule has 0 unspecified atom stereocenters. The van der Waals surface area contributed by atoms with Crippen LogP contribution in [-0.4, -0.2) is 34.3 Å². The molecular weight excluding hydrogens is 284 g/mol. The van der Waals surface area contributed by atoms with Crippen LogP contribution in [-0.2, 0) is 9.53 Å². The topological polar surface area (TPSA) is 73.2 Å². The van der Waals surface area contributed by atoms with Crippen LogP contribution in [0.1, 0.15) is 49.1 Å². The van der Waals surface area contributed by atoms with Crippen molar-refractivity contribution in [2.45, 2.75) is 44.7 Å². The van der Waals surface area contributed by atoms with Crippen molar-refractivity contribution in [3.8, 4) is 0 Å². The van der Waals surface area contributed by atoms with Gasteiger partial charge in [0.05, 0.1) is 6.20 Å². The van der Waals surface area contributed by atoms with Crippen molar-refractivity contribution >= 4 is 11.9 Å². The molecule has 2 rings (SSSR count). The lowest BCUT2D eigenvalue weighted by Crippen LogP contribution is -2.38. The smallest absolute Gasteiger partial charge is 0.357 e. The van der Waals surface area contributed by atoms with Crippen LogP contribution in [0.15, 0.2) is 12.3 Å². The van der Waals surface area contributed by atoms with Crippen molar-refractivity contribution < 1.29 is 23.1 Å². The zero-order valence-electron chi connectivity index (χ0n) is 11.4. The maximum atomic E-state index is 12.5. The maximum absolute atomic E-state index is 12.5. The minimum absolute atomic E-state index is 0.108. The first-order valence-electron chi connectivity index (χ1n) is 6.86. The van der Waals surface area contributed by atoms with E-state index in [0.717, 1.165) is 37.9 Å². The molecule has 1 aromatic rings. The van der Waals surface area contributed by atoms with Crippen molar-refractivity contribution in [1.82, 2.24) is 15.1 Å². The van der Waals surface area contributed by atoms with Crippen LogP contribution in [0.2, 0.25) is 0 Å². The van der Waals surface area contributed by atoms with Crippen molar-refractivity contribution in [2.24, 2.45) is 0 Å². The van der Waals surface area contributed by atoms with E-state index in [0.29, 0.717) is 0 Å². The molecule has 0 aromatic carbocycles. The zero-order valence-corrected chi connectivity index (χ0v) is 11.4. The van der Waals surface area contributed by atoms with Crippen molar-refractivity contribution in [3.63, 3.8) is 0 Å². The number of carbonyl (C=O) groups is 2. The Morgan fingerprint density at radius 2 is 2.10 bits per heavy atom. The van der Waals surface area contributed by atoms with Crippen LogP contribution in [0, 0.1) is 0 Å². The Balaban J connectivity index is 1.80. The van der Waals surface area contributed by atoms with Gasteiger partial charge in [-0.25, -0.2) is 4.79 Å². The van der Waals surface area contributed by atoms with Gasteiger partial charge >= 0.3 is 12.5 Å². The summed E-state index contributed by atoms with van der Waals surface area (Å²) in [5, 5.41) is 6.09. The van der Waals surface area contributed by atoms with E-state index in [4.69, 9.17) is 4.74 Å². The lowest BCUT2D eigenvalue weighted by Gasteiger charge is -2.22. The molecule has 8 heteroatoms. The molecule has 116 valence electrons. The van der Waals surface area contributed by atoms with Crippen LogP contribution >= 0.6 is 0 Å². The lowest BCUT2D eigenvalue weighted by molar-refractivity contribution is -0.125. The number of alkyl halides is 2. The molecular formula is C13H17F2N3O3. The van der Waals surface area contributed by atoms with Crippen LogP contribution in [0.5, 0.6) is 0 Å². The molecule has 1 heterocycles. The second-order valence-corrected chi connectivity index (χ2v) is 4.92. The van der Waals surface area contributed by atoms with E-state index >= 15 is 0 Å².